The van der Waals surface area contributed by atoms with E-state index in [1.165, 1.54) is 7.11 Å². The molecule has 0 aromatic heterocycles. The molecule has 1 heterocycles. The van der Waals surface area contributed by atoms with Gasteiger partial charge in [0.1, 0.15) is 0 Å². The van der Waals surface area contributed by atoms with Crippen molar-refractivity contribution < 1.29 is 19.1 Å². The molecule has 0 bridgehead atoms. The van der Waals surface area contributed by atoms with Gasteiger partial charge in [0.2, 0.25) is 0 Å². The molecule has 5 nitrogen and oxygen atoms in total. The van der Waals surface area contributed by atoms with Crippen molar-refractivity contribution in [2.24, 2.45) is 0 Å². The topological polar surface area (TPSA) is 48.0 Å². The van der Waals surface area contributed by atoms with Crippen LogP contribution in [0.4, 0.5) is 0 Å². The Morgan fingerprint density at radius 3 is 2.59 bits per heavy atom. The number of hydrogen-bond acceptors (Lipinski definition) is 4. The fourth-order valence-electron chi connectivity index (χ4n) is 1.46. The van der Waals surface area contributed by atoms with Crippen LogP contribution in [0.5, 0.6) is 0 Å². The van der Waals surface area contributed by atoms with E-state index in [1.807, 2.05) is 25.2 Å². The lowest BCUT2D eigenvalue weighted by Gasteiger charge is -2.25. The maximum absolute atomic E-state index is 11.8. The Morgan fingerprint density at radius 2 is 2.06 bits per heavy atom. The second kappa shape index (κ2) is 6.54. The van der Waals surface area contributed by atoms with Gasteiger partial charge in [-0.1, -0.05) is 18.2 Å². The van der Waals surface area contributed by atoms with Gasteiger partial charge >= 0.3 is 0 Å². The van der Waals surface area contributed by atoms with Crippen LogP contribution in [-0.2, 0) is 19.1 Å². The maximum atomic E-state index is 11.8. The van der Waals surface area contributed by atoms with Gasteiger partial charge in [-0.15, -0.1) is 0 Å². The first-order valence-electron chi connectivity index (χ1n) is 5.52. The molecular weight excluding hydrogens is 222 g/mol. The number of rotatable bonds is 5. The summed E-state index contributed by atoms with van der Waals surface area (Å²) < 4.78 is 11.0. The molecule has 1 fully saturated rings. The van der Waals surface area contributed by atoms with E-state index >= 15 is 0 Å². The van der Waals surface area contributed by atoms with Crippen LogP contribution in [0, 0.1) is 0 Å². The summed E-state index contributed by atoms with van der Waals surface area (Å²) in [5, 5.41) is 1.16. The van der Waals surface area contributed by atoms with E-state index in [1.54, 1.807) is 13.1 Å². The lowest BCUT2D eigenvalue weighted by Crippen LogP contribution is -2.37. The summed E-state index contributed by atoms with van der Waals surface area (Å²) in [6, 6.07) is 0. The molecule has 1 aliphatic rings. The third kappa shape index (κ3) is 3.96. The Bertz CT molecular complexity index is 306. The van der Waals surface area contributed by atoms with Crippen LogP contribution in [0.2, 0.25) is 0 Å². The lowest BCUT2D eigenvalue weighted by atomic mass is 10.1. The zero-order chi connectivity index (χ0) is 12.7. The summed E-state index contributed by atoms with van der Waals surface area (Å²) in [7, 11) is 3.00. The van der Waals surface area contributed by atoms with E-state index in [9.17, 15) is 4.79 Å². The largest absolute Gasteiger partial charge is 0.343 e. The van der Waals surface area contributed by atoms with Gasteiger partial charge in [-0.25, -0.2) is 5.06 Å². The maximum Gasteiger partial charge on any atom is 0.251 e. The molecule has 96 valence electrons. The van der Waals surface area contributed by atoms with Crippen LogP contribution >= 0.6 is 0 Å². The van der Waals surface area contributed by atoms with E-state index < -0.39 is 5.79 Å². The summed E-state index contributed by atoms with van der Waals surface area (Å²) >= 11 is 0. The van der Waals surface area contributed by atoms with Crippen molar-refractivity contribution in [1.29, 1.82) is 0 Å². The minimum atomic E-state index is -0.955. The molecule has 0 spiro atoms. The smallest absolute Gasteiger partial charge is 0.251 e. The second-order valence-electron chi connectivity index (χ2n) is 3.64. The number of ether oxygens (including phenoxy) is 2. The highest BCUT2D eigenvalue weighted by Crippen LogP contribution is 2.26. The molecule has 0 aliphatic carbocycles. The van der Waals surface area contributed by atoms with Gasteiger partial charge in [-0.05, 0) is 13.0 Å². The number of carbonyl (C=O) groups excluding carboxylic acids is 1. The van der Waals surface area contributed by atoms with Gasteiger partial charge < -0.3 is 9.47 Å². The highest BCUT2D eigenvalue weighted by atomic mass is 16.7. The summed E-state index contributed by atoms with van der Waals surface area (Å²) in [5.41, 5.74) is 0. The quantitative estimate of drug-likeness (QED) is 0.537. The van der Waals surface area contributed by atoms with E-state index in [0.717, 1.165) is 5.06 Å². The number of allylic oxidation sites excluding steroid dienone is 3. The van der Waals surface area contributed by atoms with E-state index in [4.69, 9.17) is 14.3 Å². The first-order valence-corrected chi connectivity index (χ1v) is 5.52. The summed E-state index contributed by atoms with van der Waals surface area (Å²) in [6.45, 7) is 2.89. The molecule has 0 aromatic carbocycles. The van der Waals surface area contributed by atoms with Crippen LogP contribution < -0.4 is 0 Å². The predicted molar refractivity (Wildman–Crippen MR) is 63.0 cm³/mol. The Hall–Kier alpha value is -1.17. The molecule has 0 unspecified atom stereocenters. The Balaban J connectivity index is 2.68. The Kier molecular flexibility index (Phi) is 5.34. The molecule has 1 amide bonds. The van der Waals surface area contributed by atoms with Crippen LogP contribution in [0.25, 0.3) is 0 Å². The van der Waals surface area contributed by atoms with Gasteiger partial charge in [0.15, 0.2) is 5.79 Å². The minimum Gasteiger partial charge on any atom is -0.343 e. The number of carbonyl (C=O) groups is 1. The fraction of sp³-hybridized carbons (Fsp3) is 0.583. The highest BCUT2D eigenvalue weighted by Gasteiger charge is 2.37. The van der Waals surface area contributed by atoms with Crippen molar-refractivity contribution in [3.05, 3.63) is 24.3 Å². The number of hydrogen-bond donors (Lipinski definition) is 0. The molecule has 0 aromatic rings. The van der Waals surface area contributed by atoms with Crippen LogP contribution in [-0.4, -0.2) is 44.1 Å². The zero-order valence-corrected chi connectivity index (χ0v) is 10.5. The van der Waals surface area contributed by atoms with Gasteiger partial charge in [0.05, 0.1) is 26.7 Å². The summed E-state index contributed by atoms with van der Waals surface area (Å²) in [4.78, 5) is 16.6. The zero-order valence-electron chi connectivity index (χ0n) is 10.5. The summed E-state index contributed by atoms with van der Waals surface area (Å²) in [5.74, 6) is -1.15. The Labute approximate surface area is 102 Å². The molecule has 5 heteroatoms. The molecule has 0 N–H and O–H groups in total. The predicted octanol–water partition coefficient (Wildman–Crippen LogP) is 1.27. The highest BCUT2D eigenvalue weighted by molar-refractivity contribution is 5.76. The molecule has 0 atom stereocenters. The SMILES string of the molecule is C/C=C/C=C/C1(CC(=O)N(C)OC)OCCO1. The first kappa shape index (κ1) is 13.9. The van der Waals surface area contributed by atoms with Crippen LogP contribution in [0.1, 0.15) is 13.3 Å². The summed E-state index contributed by atoms with van der Waals surface area (Å²) in [6.07, 6.45) is 7.41. The van der Waals surface area contributed by atoms with Crippen molar-refractivity contribution in [1.82, 2.24) is 5.06 Å². The van der Waals surface area contributed by atoms with Crippen molar-refractivity contribution in [3.8, 4) is 0 Å². The lowest BCUT2D eigenvalue weighted by molar-refractivity contribution is -0.184. The number of amides is 1. The Morgan fingerprint density at radius 1 is 1.41 bits per heavy atom. The third-order valence-corrected chi connectivity index (χ3v) is 2.45. The molecule has 1 saturated heterocycles. The van der Waals surface area contributed by atoms with E-state index in [2.05, 4.69) is 0 Å². The van der Waals surface area contributed by atoms with Crippen LogP contribution in [0.15, 0.2) is 24.3 Å². The molecular formula is C12H19NO4. The van der Waals surface area contributed by atoms with Crippen molar-refractivity contribution >= 4 is 5.91 Å². The molecule has 1 rings (SSSR count). The van der Waals surface area contributed by atoms with Gasteiger partial charge in [0, 0.05) is 7.05 Å². The van der Waals surface area contributed by atoms with Crippen molar-refractivity contribution in [2.75, 3.05) is 27.4 Å². The van der Waals surface area contributed by atoms with Crippen molar-refractivity contribution in [2.45, 2.75) is 19.1 Å². The monoisotopic (exact) mass is 241 g/mol. The van der Waals surface area contributed by atoms with Gasteiger partial charge in [-0.3, -0.25) is 9.63 Å². The van der Waals surface area contributed by atoms with E-state index in [0.29, 0.717) is 13.2 Å². The molecule has 0 saturated carbocycles. The number of hydroxylamine groups is 2. The molecule has 1 aliphatic heterocycles. The van der Waals surface area contributed by atoms with Gasteiger partial charge in [-0.2, -0.15) is 0 Å². The minimum absolute atomic E-state index is 0.103. The molecule has 17 heavy (non-hydrogen) atoms. The van der Waals surface area contributed by atoms with E-state index in [-0.39, 0.29) is 12.3 Å². The third-order valence-electron chi connectivity index (χ3n) is 2.45. The van der Waals surface area contributed by atoms with Crippen LogP contribution in [0.3, 0.4) is 0 Å². The van der Waals surface area contributed by atoms with Gasteiger partial charge in [0.25, 0.3) is 5.91 Å². The average Bonchev–Trinajstić information content (AvgIpc) is 2.77. The molecule has 0 radical (unpaired) electrons. The fourth-order valence-corrected chi connectivity index (χ4v) is 1.46. The normalized spacial score (nSPS) is 19.2. The average molecular weight is 241 g/mol. The standard InChI is InChI=1S/C12H19NO4/c1-4-5-6-7-12(16-8-9-17-12)10-11(14)13(2)15-3/h4-7H,8-10H2,1-3H3/b5-4+,7-6+. The van der Waals surface area contributed by atoms with Crippen molar-refractivity contribution in [3.63, 3.8) is 0 Å². The first-order chi connectivity index (χ1) is 8.13. The number of nitrogens with zero attached hydrogens (tertiary/aromatic N) is 1. The second-order valence-corrected chi connectivity index (χ2v) is 3.64.